The van der Waals surface area contributed by atoms with Crippen LogP contribution in [0.25, 0.3) is 0 Å². The minimum absolute atomic E-state index is 0.0607. The first-order valence-electron chi connectivity index (χ1n) is 11.9. The third-order valence-electron chi connectivity index (χ3n) is 7.29. The molecule has 1 saturated carbocycles. The summed E-state index contributed by atoms with van der Waals surface area (Å²) in [6, 6.07) is 7.02. The lowest BCUT2D eigenvalue weighted by Gasteiger charge is -2.34. The zero-order chi connectivity index (χ0) is 25.0. The van der Waals surface area contributed by atoms with Gasteiger partial charge in [0.25, 0.3) is 11.6 Å². The maximum absolute atomic E-state index is 13.4. The number of amides is 1. The summed E-state index contributed by atoms with van der Waals surface area (Å²) < 4.78 is 0. The predicted octanol–water partition coefficient (Wildman–Crippen LogP) is 6.98. The van der Waals surface area contributed by atoms with Crippen LogP contribution in [0.15, 0.2) is 28.0 Å². The number of rotatable bonds is 7. The van der Waals surface area contributed by atoms with E-state index in [2.05, 4.69) is 40.7 Å². The minimum atomic E-state index is -0.405. The molecule has 1 aliphatic carbocycles. The molecule has 0 aliphatic heterocycles. The first-order chi connectivity index (χ1) is 16.2. The monoisotopic (exact) mass is 479 g/mol. The van der Waals surface area contributed by atoms with Crippen molar-refractivity contribution in [2.45, 2.75) is 89.0 Å². The lowest BCUT2D eigenvalue weighted by atomic mass is 9.93. The van der Waals surface area contributed by atoms with E-state index in [4.69, 9.17) is 5.26 Å². The van der Waals surface area contributed by atoms with Crippen LogP contribution in [0.4, 0.5) is 5.69 Å². The quantitative estimate of drug-likeness (QED) is 0.316. The molecule has 1 amide bonds. The van der Waals surface area contributed by atoms with Crippen LogP contribution in [0.2, 0.25) is 0 Å². The Morgan fingerprint density at radius 2 is 1.65 bits per heavy atom. The first-order valence-corrected chi connectivity index (χ1v) is 12.7. The lowest BCUT2D eigenvalue weighted by Crippen LogP contribution is -2.42. The Labute approximate surface area is 206 Å². The number of nitro benzene ring substituents is 1. The van der Waals surface area contributed by atoms with Crippen molar-refractivity contribution in [3.63, 3.8) is 0 Å². The van der Waals surface area contributed by atoms with E-state index in [9.17, 15) is 14.9 Å². The van der Waals surface area contributed by atoms with Crippen molar-refractivity contribution >= 4 is 23.4 Å². The van der Waals surface area contributed by atoms with E-state index in [1.54, 1.807) is 17.0 Å². The maximum Gasteiger partial charge on any atom is 0.284 e. The maximum atomic E-state index is 13.4. The van der Waals surface area contributed by atoms with E-state index >= 15 is 0 Å². The van der Waals surface area contributed by atoms with Crippen molar-refractivity contribution in [3.8, 4) is 6.07 Å². The van der Waals surface area contributed by atoms with Gasteiger partial charge in [-0.1, -0.05) is 31.0 Å². The third-order valence-corrected chi connectivity index (χ3v) is 8.67. The summed E-state index contributed by atoms with van der Waals surface area (Å²) in [6.07, 6.45) is 5.36. The van der Waals surface area contributed by atoms with Gasteiger partial charge in [-0.2, -0.15) is 5.26 Å². The SMILES string of the molecule is Cc1c(C)c(C)c(Sc2ccc(C(=O)N(CCC#N)C3CCCCC3)cc2[N+](=O)[O-])c(C)c1C. The van der Waals surface area contributed by atoms with E-state index in [0.29, 0.717) is 17.0 Å². The standard InChI is InChI=1S/C27H33N3O3S/c1-17-18(2)20(4)26(21(5)19(17)3)34-25-13-12-22(16-24(25)30(32)33)27(31)29(15-9-14-28)23-10-7-6-8-11-23/h12-13,16,23H,6-11,15H2,1-5H3. The lowest BCUT2D eigenvalue weighted by molar-refractivity contribution is -0.387. The summed E-state index contributed by atoms with van der Waals surface area (Å²) in [7, 11) is 0. The van der Waals surface area contributed by atoms with Gasteiger partial charge in [-0.15, -0.1) is 0 Å². The number of hydrogen-bond donors (Lipinski definition) is 0. The Morgan fingerprint density at radius 1 is 1.06 bits per heavy atom. The molecule has 0 bridgehead atoms. The molecule has 2 aromatic carbocycles. The molecule has 180 valence electrons. The summed E-state index contributed by atoms with van der Waals surface area (Å²) in [4.78, 5) is 28.3. The van der Waals surface area contributed by atoms with Crippen molar-refractivity contribution in [1.82, 2.24) is 4.90 Å². The molecule has 1 fully saturated rings. The number of carbonyl (C=O) groups is 1. The first kappa shape index (κ1) is 25.8. The van der Waals surface area contributed by atoms with Crippen LogP contribution >= 0.6 is 11.8 Å². The van der Waals surface area contributed by atoms with Crippen LogP contribution in [0.1, 0.15) is 76.7 Å². The van der Waals surface area contributed by atoms with E-state index in [1.165, 1.54) is 34.5 Å². The van der Waals surface area contributed by atoms with E-state index in [1.807, 2.05) is 0 Å². The molecule has 6 nitrogen and oxygen atoms in total. The number of benzene rings is 2. The Morgan fingerprint density at radius 3 is 2.21 bits per heavy atom. The molecule has 2 aromatic rings. The van der Waals surface area contributed by atoms with E-state index < -0.39 is 4.92 Å². The number of hydrogen-bond acceptors (Lipinski definition) is 5. The van der Waals surface area contributed by atoms with Gasteiger partial charge < -0.3 is 4.90 Å². The predicted molar refractivity (Wildman–Crippen MR) is 135 cm³/mol. The molecule has 0 N–H and O–H groups in total. The fraction of sp³-hybridized carbons (Fsp3) is 0.481. The Hall–Kier alpha value is -2.85. The second kappa shape index (κ2) is 11.1. The van der Waals surface area contributed by atoms with Crippen molar-refractivity contribution in [2.75, 3.05) is 6.54 Å². The van der Waals surface area contributed by atoms with Gasteiger partial charge >= 0.3 is 0 Å². The zero-order valence-electron chi connectivity index (χ0n) is 20.7. The van der Waals surface area contributed by atoms with Crippen LogP contribution in [-0.2, 0) is 0 Å². The summed E-state index contributed by atoms with van der Waals surface area (Å²) in [5.41, 5.74) is 6.13. The molecule has 7 heteroatoms. The van der Waals surface area contributed by atoms with Gasteiger partial charge in [0.1, 0.15) is 0 Å². The molecule has 0 aromatic heterocycles. The molecule has 0 saturated heterocycles. The van der Waals surface area contributed by atoms with Gasteiger partial charge in [-0.25, -0.2) is 0 Å². The summed E-state index contributed by atoms with van der Waals surface area (Å²) in [5, 5.41) is 21.1. The molecule has 0 unspecified atom stereocenters. The largest absolute Gasteiger partial charge is 0.335 e. The smallest absolute Gasteiger partial charge is 0.284 e. The van der Waals surface area contributed by atoms with Crippen molar-refractivity contribution in [1.29, 1.82) is 5.26 Å². The van der Waals surface area contributed by atoms with Crippen molar-refractivity contribution < 1.29 is 9.72 Å². The fourth-order valence-electron chi connectivity index (χ4n) is 4.79. The molecule has 3 rings (SSSR count). The van der Waals surface area contributed by atoms with Crippen LogP contribution in [0, 0.1) is 56.1 Å². The number of nitrogens with zero attached hydrogens (tertiary/aromatic N) is 3. The Balaban J connectivity index is 1.98. The Bertz CT molecular complexity index is 1120. The molecule has 34 heavy (non-hydrogen) atoms. The third kappa shape index (κ3) is 5.28. The van der Waals surface area contributed by atoms with E-state index in [-0.39, 0.29) is 24.1 Å². The fourth-order valence-corrected chi connectivity index (χ4v) is 5.99. The van der Waals surface area contributed by atoms with Gasteiger partial charge in [-0.05, 0) is 87.4 Å². The van der Waals surface area contributed by atoms with Gasteiger partial charge in [-0.3, -0.25) is 14.9 Å². The Kier molecular flexibility index (Phi) is 8.37. The van der Waals surface area contributed by atoms with Crippen molar-refractivity contribution in [2.24, 2.45) is 0 Å². The molecule has 0 atom stereocenters. The van der Waals surface area contributed by atoms with Crippen LogP contribution < -0.4 is 0 Å². The van der Waals surface area contributed by atoms with Crippen LogP contribution in [0.5, 0.6) is 0 Å². The number of nitriles is 1. The highest BCUT2D eigenvalue weighted by atomic mass is 32.2. The second-order valence-electron chi connectivity index (χ2n) is 9.19. The average Bonchev–Trinajstić information content (AvgIpc) is 2.85. The van der Waals surface area contributed by atoms with Crippen molar-refractivity contribution in [3.05, 3.63) is 61.7 Å². The molecule has 1 aliphatic rings. The van der Waals surface area contributed by atoms with E-state index in [0.717, 1.165) is 48.1 Å². The zero-order valence-corrected chi connectivity index (χ0v) is 21.6. The summed E-state index contributed by atoms with van der Waals surface area (Å²) in [5.74, 6) is -0.226. The van der Waals surface area contributed by atoms with Gasteiger partial charge in [0.2, 0.25) is 0 Å². The molecular formula is C27H33N3O3S. The summed E-state index contributed by atoms with van der Waals surface area (Å²) in [6.45, 7) is 10.7. The van der Waals surface area contributed by atoms with Gasteiger partial charge in [0, 0.05) is 29.1 Å². The molecule has 0 radical (unpaired) electrons. The minimum Gasteiger partial charge on any atom is -0.335 e. The van der Waals surface area contributed by atoms with Gasteiger partial charge in [0.15, 0.2) is 0 Å². The molecule has 0 spiro atoms. The number of carbonyl (C=O) groups excluding carboxylic acids is 1. The average molecular weight is 480 g/mol. The van der Waals surface area contributed by atoms with Crippen LogP contribution in [0.3, 0.4) is 0 Å². The molecular weight excluding hydrogens is 446 g/mol. The highest BCUT2D eigenvalue weighted by Crippen LogP contribution is 2.41. The second-order valence-corrected chi connectivity index (χ2v) is 10.2. The summed E-state index contributed by atoms with van der Waals surface area (Å²) >= 11 is 1.39. The highest BCUT2D eigenvalue weighted by Gasteiger charge is 2.28. The van der Waals surface area contributed by atoms with Gasteiger partial charge in [0.05, 0.1) is 22.3 Å². The normalized spacial score (nSPS) is 14.0. The van der Waals surface area contributed by atoms with Crippen LogP contribution in [-0.4, -0.2) is 28.3 Å². The highest BCUT2D eigenvalue weighted by molar-refractivity contribution is 7.99. The number of nitro groups is 1. The topological polar surface area (TPSA) is 87.2 Å². The molecule has 0 heterocycles.